The van der Waals surface area contributed by atoms with Crippen LogP contribution in [0, 0.1) is 29.1 Å². The minimum atomic E-state index is -0.559. The van der Waals surface area contributed by atoms with E-state index in [1.54, 1.807) is 0 Å². The first kappa shape index (κ1) is 23.8. The first-order valence-electron chi connectivity index (χ1n) is 12.3. The Hall–Kier alpha value is -2.30. The number of aldehydes is 2. The van der Waals surface area contributed by atoms with Gasteiger partial charge in [0.1, 0.15) is 22.8 Å². The first-order valence-corrected chi connectivity index (χ1v) is 12.3. The summed E-state index contributed by atoms with van der Waals surface area (Å²) in [6.07, 6.45) is 7.99. The molecule has 1 aromatic carbocycles. The Balaban J connectivity index is 1.98. The number of benzene rings is 1. The second kappa shape index (κ2) is 8.18. The van der Waals surface area contributed by atoms with Gasteiger partial charge in [-0.1, -0.05) is 39.3 Å². The number of aromatic hydroxyl groups is 2. The SMILES string of the molecule is C/C1=C\CC[C@]2(C)Oc3c(C=O)c(O)c(C=O)c(O)c3[C@H](CC(C)C)[C@H]2[C@@H]2[C@@H](CC1)C2(C)C. The summed E-state index contributed by atoms with van der Waals surface area (Å²) in [5.41, 5.74) is 1.28. The Morgan fingerprint density at radius 3 is 2.36 bits per heavy atom. The number of ether oxygens (including phenoxy) is 1. The largest absolute Gasteiger partial charge is 0.507 e. The smallest absolute Gasteiger partial charge is 0.157 e. The van der Waals surface area contributed by atoms with Crippen molar-refractivity contribution in [3.05, 3.63) is 28.3 Å². The molecule has 0 unspecified atom stereocenters. The van der Waals surface area contributed by atoms with Crippen molar-refractivity contribution >= 4 is 12.6 Å². The number of carbonyl (C=O) groups is 2. The second-order valence-corrected chi connectivity index (χ2v) is 11.8. The number of hydrogen-bond donors (Lipinski definition) is 2. The van der Waals surface area contributed by atoms with Crippen LogP contribution in [-0.4, -0.2) is 28.4 Å². The van der Waals surface area contributed by atoms with E-state index in [-0.39, 0.29) is 39.9 Å². The van der Waals surface area contributed by atoms with Crippen LogP contribution in [0.25, 0.3) is 0 Å². The number of allylic oxidation sites excluding steroid dienone is 2. The standard InChI is InChI=1S/C28H38O5/c1-15(2)12-17-21-25(32)18(13-29)24(31)19(14-30)26(21)33-28(6)11-7-8-16(3)9-10-20-23(22(17)28)27(20,4)5/h8,13-15,17,20,22-23,31-32H,7,9-12H2,1-6H3/b16-8+/t17-,20+,22-,23-,28-/m0/s1. The number of phenols is 2. The van der Waals surface area contributed by atoms with Crippen LogP contribution in [0.4, 0.5) is 0 Å². The van der Waals surface area contributed by atoms with E-state index >= 15 is 0 Å². The van der Waals surface area contributed by atoms with Crippen LogP contribution in [0.2, 0.25) is 0 Å². The topological polar surface area (TPSA) is 83.8 Å². The maximum absolute atomic E-state index is 12.1. The molecule has 4 rings (SSSR count). The highest BCUT2D eigenvalue weighted by Crippen LogP contribution is 2.71. The maximum atomic E-state index is 12.1. The lowest BCUT2D eigenvalue weighted by Gasteiger charge is -2.49. The highest BCUT2D eigenvalue weighted by atomic mass is 16.5. The molecule has 180 valence electrons. The van der Waals surface area contributed by atoms with Gasteiger partial charge in [-0.3, -0.25) is 9.59 Å². The van der Waals surface area contributed by atoms with Gasteiger partial charge >= 0.3 is 0 Å². The van der Waals surface area contributed by atoms with Gasteiger partial charge in [0.05, 0.1) is 11.1 Å². The van der Waals surface area contributed by atoms with E-state index in [0.29, 0.717) is 35.9 Å². The summed E-state index contributed by atoms with van der Waals surface area (Å²) in [5.74, 6) is 0.888. The van der Waals surface area contributed by atoms with Gasteiger partial charge in [-0.05, 0) is 75.0 Å². The van der Waals surface area contributed by atoms with Crippen LogP contribution < -0.4 is 4.74 Å². The predicted octanol–water partition coefficient (Wildman–Crippen LogP) is 6.41. The van der Waals surface area contributed by atoms with Crippen molar-refractivity contribution in [2.45, 2.75) is 85.2 Å². The van der Waals surface area contributed by atoms with Gasteiger partial charge in [0.2, 0.25) is 0 Å². The summed E-state index contributed by atoms with van der Waals surface area (Å²) in [5, 5.41) is 21.8. The summed E-state index contributed by atoms with van der Waals surface area (Å²) in [7, 11) is 0. The van der Waals surface area contributed by atoms with E-state index in [1.807, 2.05) is 0 Å². The van der Waals surface area contributed by atoms with Crippen LogP contribution in [0.15, 0.2) is 11.6 Å². The third-order valence-corrected chi connectivity index (χ3v) is 8.82. The highest BCUT2D eigenvalue weighted by molar-refractivity contribution is 5.95. The molecule has 5 atom stereocenters. The molecule has 0 saturated heterocycles. The molecule has 0 spiro atoms. The molecule has 1 heterocycles. The Morgan fingerprint density at radius 1 is 1.09 bits per heavy atom. The molecule has 5 nitrogen and oxygen atoms in total. The van der Waals surface area contributed by atoms with Gasteiger partial charge < -0.3 is 14.9 Å². The Labute approximate surface area is 197 Å². The Morgan fingerprint density at radius 2 is 1.76 bits per heavy atom. The molecule has 33 heavy (non-hydrogen) atoms. The van der Waals surface area contributed by atoms with Crippen molar-refractivity contribution in [1.29, 1.82) is 0 Å². The second-order valence-electron chi connectivity index (χ2n) is 11.8. The molecule has 1 fully saturated rings. The molecule has 0 bridgehead atoms. The average molecular weight is 455 g/mol. The summed E-state index contributed by atoms with van der Waals surface area (Å²) in [6, 6.07) is 0. The van der Waals surface area contributed by atoms with Crippen molar-refractivity contribution in [3.8, 4) is 17.2 Å². The third kappa shape index (κ3) is 3.68. The molecular weight excluding hydrogens is 416 g/mol. The zero-order chi connectivity index (χ0) is 24.3. The lowest BCUT2D eigenvalue weighted by molar-refractivity contribution is -0.0348. The fraction of sp³-hybridized carbons (Fsp3) is 0.643. The first-order chi connectivity index (χ1) is 15.5. The molecular formula is C28H38O5. The molecule has 2 N–H and O–H groups in total. The molecule has 1 aromatic rings. The molecule has 0 radical (unpaired) electrons. The predicted molar refractivity (Wildman–Crippen MR) is 128 cm³/mol. The quantitative estimate of drug-likeness (QED) is 0.405. The number of rotatable bonds is 4. The van der Waals surface area contributed by atoms with Gasteiger partial charge in [0.25, 0.3) is 0 Å². The van der Waals surface area contributed by atoms with Gasteiger partial charge in [-0.15, -0.1) is 0 Å². The van der Waals surface area contributed by atoms with Crippen LogP contribution in [0.5, 0.6) is 17.2 Å². The fourth-order valence-corrected chi connectivity index (χ4v) is 7.11. The molecule has 0 amide bonds. The number of fused-ring (bicyclic) bond motifs is 4. The molecule has 2 aliphatic carbocycles. The number of hydrogen-bond acceptors (Lipinski definition) is 5. The normalized spacial score (nSPS) is 34.1. The van der Waals surface area contributed by atoms with Crippen LogP contribution >= 0.6 is 0 Å². The van der Waals surface area contributed by atoms with Crippen molar-refractivity contribution in [2.24, 2.45) is 29.1 Å². The summed E-state index contributed by atoms with van der Waals surface area (Å²) >= 11 is 0. The molecule has 1 saturated carbocycles. The summed E-state index contributed by atoms with van der Waals surface area (Å²) in [6.45, 7) is 13.3. The number of phenolic OH excluding ortho intramolecular Hbond substituents is 2. The van der Waals surface area contributed by atoms with Gasteiger partial charge in [-0.25, -0.2) is 0 Å². The Kier molecular flexibility index (Phi) is 5.91. The minimum absolute atomic E-state index is 0.0336. The van der Waals surface area contributed by atoms with E-state index in [2.05, 4.69) is 47.6 Å². The van der Waals surface area contributed by atoms with Gasteiger partial charge in [0.15, 0.2) is 12.6 Å². The van der Waals surface area contributed by atoms with Gasteiger partial charge in [0, 0.05) is 11.5 Å². The maximum Gasteiger partial charge on any atom is 0.157 e. The van der Waals surface area contributed by atoms with Crippen LogP contribution in [0.3, 0.4) is 0 Å². The van der Waals surface area contributed by atoms with Crippen molar-refractivity contribution in [3.63, 3.8) is 0 Å². The van der Waals surface area contributed by atoms with E-state index in [1.165, 1.54) is 5.57 Å². The molecule has 0 aromatic heterocycles. The molecule has 1 aliphatic heterocycles. The van der Waals surface area contributed by atoms with E-state index in [9.17, 15) is 19.8 Å². The van der Waals surface area contributed by atoms with E-state index in [0.717, 1.165) is 32.1 Å². The lowest BCUT2D eigenvalue weighted by atomic mass is 9.64. The lowest BCUT2D eigenvalue weighted by Crippen LogP contribution is -2.49. The third-order valence-electron chi connectivity index (χ3n) is 8.82. The summed E-state index contributed by atoms with van der Waals surface area (Å²) in [4.78, 5) is 23.9. The minimum Gasteiger partial charge on any atom is -0.507 e. The van der Waals surface area contributed by atoms with E-state index in [4.69, 9.17) is 4.74 Å². The van der Waals surface area contributed by atoms with Crippen molar-refractivity contribution in [1.82, 2.24) is 0 Å². The molecule has 3 aliphatic rings. The number of carbonyl (C=O) groups excluding carboxylic acids is 2. The fourth-order valence-electron chi connectivity index (χ4n) is 7.11. The Bertz CT molecular complexity index is 1000. The van der Waals surface area contributed by atoms with Crippen LogP contribution in [-0.2, 0) is 0 Å². The average Bonchev–Trinajstić information content (AvgIpc) is 3.25. The van der Waals surface area contributed by atoms with Crippen molar-refractivity contribution in [2.75, 3.05) is 0 Å². The summed E-state index contributed by atoms with van der Waals surface area (Å²) < 4.78 is 6.68. The van der Waals surface area contributed by atoms with E-state index < -0.39 is 11.4 Å². The highest BCUT2D eigenvalue weighted by Gasteiger charge is 2.66. The van der Waals surface area contributed by atoms with Gasteiger partial charge in [-0.2, -0.15) is 0 Å². The van der Waals surface area contributed by atoms with Crippen LogP contribution in [0.1, 0.15) is 106 Å². The molecule has 5 heteroatoms. The van der Waals surface area contributed by atoms with Crippen molar-refractivity contribution < 1.29 is 24.5 Å². The zero-order valence-corrected chi connectivity index (χ0v) is 20.8. The zero-order valence-electron chi connectivity index (χ0n) is 20.8. The monoisotopic (exact) mass is 454 g/mol.